The molecule has 2 heterocycles. The lowest BCUT2D eigenvalue weighted by atomic mass is 10.0. The van der Waals surface area contributed by atoms with Gasteiger partial charge in [0.25, 0.3) is 0 Å². The molecule has 3 aromatic rings. The lowest BCUT2D eigenvalue weighted by Gasteiger charge is -2.19. The zero-order valence-electron chi connectivity index (χ0n) is 15.4. The molecule has 0 aliphatic carbocycles. The topological polar surface area (TPSA) is 56.6 Å². The van der Waals surface area contributed by atoms with Crippen molar-refractivity contribution in [1.29, 1.82) is 0 Å². The number of benzene rings is 2. The molecular weight excluding hydrogens is 395 g/mol. The van der Waals surface area contributed by atoms with Crippen LogP contribution in [0.1, 0.15) is 12.0 Å². The smallest absolute Gasteiger partial charge is 0.129 e. The number of hydrogen-bond donors (Lipinski definition) is 2. The molecule has 4 rings (SSSR count). The Hall–Kier alpha value is -2.27. The molecule has 4 nitrogen and oxygen atoms in total. The van der Waals surface area contributed by atoms with Crippen LogP contribution in [-0.2, 0) is 0 Å². The quantitative estimate of drug-likeness (QED) is 0.609. The van der Waals surface area contributed by atoms with Crippen molar-refractivity contribution >= 4 is 29.0 Å². The Morgan fingerprint density at radius 2 is 1.71 bits per heavy atom. The third kappa shape index (κ3) is 3.95. The standard InChI is InChI=1S/C22H20Cl2N2O2/c1-13-2-3-21(28)19(6-13)20-9-15(14-7-16(23)11-17(24)8-14)10-22(25-20)26-5-4-18(27)12-26/h2-3,6-11,18,27-28H,4-5,12H2,1H3. The second kappa shape index (κ2) is 7.63. The van der Waals surface area contributed by atoms with Crippen molar-refractivity contribution in [1.82, 2.24) is 4.98 Å². The molecule has 1 aliphatic heterocycles. The van der Waals surface area contributed by atoms with Crippen molar-refractivity contribution in [3.05, 3.63) is 64.1 Å². The predicted octanol–water partition coefficient (Wildman–Crippen LogP) is 5.31. The molecule has 2 aromatic carbocycles. The van der Waals surface area contributed by atoms with E-state index in [1.165, 1.54) is 0 Å². The van der Waals surface area contributed by atoms with Crippen LogP contribution < -0.4 is 4.90 Å². The Morgan fingerprint density at radius 1 is 1.00 bits per heavy atom. The molecule has 144 valence electrons. The van der Waals surface area contributed by atoms with Gasteiger partial charge in [-0.25, -0.2) is 4.98 Å². The van der Waals surface area contributed by atoms with Gasteiger partial charge in [0.1, 0.15) is 11.6 Å². The predicted molar refractivity (Wildman–Crippen MR) is 114 cm³/mol. The highest BCUT2D eigenvalue weighted by Crippen LogP contribution is 2.36. The molecule has 0 saturated carbocycles. The van der Waals surface area contributed by atoms with Crippen molar-refractivity contribution < 1.29 is 10.2 Å². The molecule has 0 radical (unpaired) electrons. The number of nitrogens with zero attached hydrogens (tertiary/aromatic N) is 2. The van der Waals surface area contributed by atoms with Crippen LogP contribution in [0.3, 0.4) is 0 Å². The lowest BCUT2D eigenvalue weighted by Crippen LogP contribution is -2.22. The molecule has 0 amide bonds. The van der Waals surface area contributed by atoms with Crippen molar-refractivity contribution in [3.8, 4) is 28.1 Å². The number of hydrogen-bond acceptors (Lipinski definition) is 4. The number of halogens is 2. The van der Waals surface area contributed by atoms with Gasteiger partial charge in [-0.15, -0.1) is 0 Å². The first-order valence-corrected chi connectivity index (χ1v) is 9.86. The van der Waals surface area contributed by atoms with Gasteiger partial charge in [-0.05, 0) is 66.9 Å². The molecule has 1 unspecified atom stereocenters. The Balaban J connectivity index is 1.89. The number of β-amino-alcohol motifs (C(OH)–C–C–N with tert-alkyl or cyclic N) is 1. The molecule has 2 N–H and O–H groups in total. The van der Waals surface area contributed by atoms with Gasteiger partial charge in [0, 0.05) is 28.7 Å². The van der Waals surface area contributed by atoms with Crippen LogP contribution >= 0.6 is 23.2 Å². The molecule has 1 aromatic heterocycles. The number of aryl methyl sites for hydroxylation is 1. The maximum absolute atomic E-state index is 10.4. The first-order valence-electron chi connectivity index (χ1n) is 9.10. The molecule has 0 bridgehead atoms. The SMILES string of the molecule is Cc1ccc(O)c(-c2cc(-c3cc(Cl)cc(Cl)c3)cc(N3CCC(O)C3)n2)c1. The third-order valence-electron chi connectivity index (χ3n) is 4.92. The van der Waals surface area contributed by atoms with E-state index in [0.717, 1.165) is 29.1 Å². The summed E-state index contributed by atoms with van der Waals surface area (Å²) in [5.74, 6) is 0.924. The van der Waals surface area contributed by atoms with Crippen molar-refractivity contribution in [2.45, 2.75) is 19.4 Å². The van der Waals surface area contributed by atoms with Crippen LogP contribution in [0.25, 0.3) is 22.4 Å². The summed E-state index contributed by atoms with van der Waals surface area (Å²) in [6.07, 6.45) is 0.349. The van der Waals surface area contributed by atoms with Crippen LogP contribution in [0.5, 0.6) is 5.75 Å². The molecule has 6 heteroatoms. The van der Waals surface area contributed by atoms with Gasteiger partial charge in [-0.2, -0.15) is 0 Å². The normalized spacial score (nSPS) is 16.6. The second-order valence-electron chi connectivity index (χ2n) is 7.17. The number of pyridine rings is 1. The van der Waals surface area contributed by atoms with Crippen LogP contribution in [0.2, 0.25) is 10.0 Å². The highest BCUT2D eigenvalue weighted by molar-refractivity contribution is 6.35. The van der Waals surface area contributed by atoms with E-state index in [2.05, 4.69) is 4.90 Å². The summed E-state index contributed by atoms with van der Waals surface area (Å²) in [6.45, 7) is 3.24. The van der Waals surface area contributed by atoms with Crippen molar-refractivity contribution in [3.63, 3.8) is 0 Å². The van der Waals surface area contributed by atoms with Crippen molar-refractivity contribution in [2.24, 2.45) is 0 Å². The number of rotatable bonds is 3. The average Bonchev–Trinajstić information content (AvgIpc) is 3.09. The van der Waals surface area contributed by atoms with Crippen LogP contribution in [0.15, 0.2) is 48.5 Å². The monoisotopic (exact) mass is 414 g/mol. The maximum atomic E-state index is 10.4. The van der Waals surface area contributed by atoms with Gasteiger partial charge in [0.15, 0.2) is 0 Å². The summed E-state index contributed by atoms with van der Waals surface area (Å²) in [5.41, 5.74) is 4.12. The van der Waals surface area contributed by atoms with Gasteiger partial charge >= 0.3 is 0 Å². The number of aliphatic hydroxyl groups is 1. The first-order chi connectivity index (χ1) is 13.4. The molecule has 28 heavy (non-hydrogen) atoms. The van der Waals surface area contributed by atoms with Gasteiger partial charge in [-0.3, -0.25) is 0 Å². The van der Waals surface area contributed by atoms with Gasteiger partial charge in [-0.1, -0.05) is 34.8 Å². The van der Waals surface area contributed by atoms with Gasteiger partial charge < -0.3 is 15.1 Å². The molecule has 0 spiro atoms. The van der Waals surface area contributed by atoms with Gasteiger partial charge in [0.05, 0.1) is 11.8 Å². The summed E-state index contributed by atoms with van der Waals surface area (Å²) >= 11 is 12.4. The highest BCUT2D eigenvalue weighted by atomic mass is 35.5. The lowest BCUT2D eigenvalue weighted by molar-refractivity contribution is 0.198. The molecule has 1 aliphatic rings. The second-order valence-corrected chi connectivity index (χ2v) is 8.04. The van der Waals surface area contributed by atoms with Crippen LogP contribution in [-0.4, -0.2) is 34.4 Å². The number of anilines is 1. The fourth-order valence-electron chi connectivity index (χ4n) is 3.51. The molecule has 1 fully saturated rings. The summed E-state index contributed by atoms with van der Waals surface area (Å²) in [5, 5.41) is 21.4. The number of phenols is 1. The number of aromatic nitrogens is 1. The summed E-state index contributed by atoms with van der Waals surface area (Å²) in [4.78, 5) is 6.83. The minimum absolute atomic E-state index is 0.173. The molecule has 1 atom stereocenters. The third-order valence-corrected chi connectivity index (χ3v) is 5.36. The van der Waals surface area contributed by atoms with E-state index >= 15 is 0 Å². The van der Waals surface area contributed by atoms with E-state index in [0.29, 0.717) is 34.3 Å². The number of phenolic OH excluding ortho intramolecular Hbond substituents is 1. The minimum Gasteiger partial charge on any atom is -0.507 e. The Bertz CT molecular complexity index is 1020. The van der Waals surface area contributed by atoms with Gasteiger partial charge in [0.2, 0.25) is 0 Å². The van der Waals surface area contributed by atoms with E-state index in [1.54, 1.807) is 12.1 Å². The fourth-order valence-corrected chi connectivity index (χ4v) is 4.03. The Labute approximate surface area is 174 Å². The Kier molecular flexibility index (Phi) is 5.19. The Morgan fingerprint density at radius 3 is 2.39 bits per heavy atom. The zero-order chi connectivity index (χ0) is 19.8. The average molecular weight is 415 g/mol. The largest absolute Gasteiger partial charge is 0.507 e. The highest BCUT2D eigenvalue weighted by Gasteiger charge is 2.23. The maximum Gasteiger partial charge on any atom is 0.129 e. The fraction of sp³-hybridized carbons (Fsp3) is 0.227. The molecular formula is C22H20Cl2N2O2. The summed E-state index contributed by atoms with van der Waals surface area (Å²) in [7, 11) is 0. The van der Waals surface area contributed by atoms with Crippen LogP contribution in [0.4, 0.5) is 5.82 Å². The van der Waals surface area contributed by atoms with E-state index in [9.17, 15) is 10.2 Å². The molecule has 1 saturated heterocycles. The minimum atomic E-state index is -0.359. The van der Waals surface area contributed by atoms with Crippen molar-refractivity contribution in [2.75, 3.05) is 18.0 Å². The number of aliphatic hydroxyl groups excluding tert-OH is 1. The van der Waals surface area contributed by atoms with E-state index < -0.39 is 0 Å². The van der Waals surface area contributed by atoms with E-state index in [4.69, 9.17) is 28.2 Å². The van der Waals surface area contributed by atoms with E-state index in [-0.39, 0.29) is 11.9 Å². The summed E-state index contributed by atoms with van der Waals surface area (Å²) < 4.78 is 0. The zero-order valence-corrected chi connectivity index (χ0v) is 16.9. The summed E-state index contributed by atoms with van der Waals surface area (Å²) in [6, 6.07) is 14.7. The number of aromatic hydroxyl groups is 1. The first kappa shape index (κ1) is 19.1. The van der Waals surface area contributed by atoms with Crippen LogP contribution in [0, 0.1) is 6.92 Å². The van der Waals surface area contributed by atoms with E-state index in [1.807, 2.05) is 43.3 Å².